The molecule has 1 N–H and O–H groups in total. The van der Waals surface area contributed by atoms with Crippen molar-refractivity contribution in [3.05, 3.63) is 71.3 Å². The van der Waals surface area contributed by atoms with Gasteiger partial charge in [0, 0.05) is 11.5 Å². The van der Waals surface area contributed by atoms with Gasteiger partial charge in [-0.15, -0.1) is 0 Å². The van der Waals surface area contributed by atoms with Crippen LogP contribution >= 0.6 is 0 Å². The molecule has 1 nitrogen and oxygen atoms in total. The second kappa shape index (κ2) is 6.81. The van der Waals surface area contributed by atoms with Gasteiger partial charge in [-0.25, -0.2) is 8.78 Å². The fourth-order valence-corrected chi connectivity index (χ4v) is 2.69. The summed E-state index contributed by atoms with van der Waals surface area (Å²) in [5, 5.41) is 10.6. The lowest BCUT2D eigenvalue weighted by Crippen LogP contribution is -2.19. The maximum absolute atomic E-state index is 14.0. The van der Waals surface area contributed by atoms with Crippen molar-refractivity contribution in [2.24, 2.45) is 5.92 Å². The van der Waals surface area contributed by atoms with Crippen LogP contribution < -0.4 is 0 Å². The van der Waals surface area contributed by atoms with Crippen molar-refractivity contribution in [3.63, 3.8) is 0 Å². The Hall–Kier alpha value is -1.74. The van der Waals surface area contributed by atoms with Gasteiger partial charge >= 0.3 is 0 Å². The topological polar surface area (TPSA) is 20.2 Å². The summed E-state index contributed by atoms with van der Waals surface area (Å²) >= 11 is 0. The highest BCUT2D eigenvalue weighted by atomic mass is 19.2. The number of hydrogen-bond donors (Lipinski definition) is 1. The minimum absolute atomic E-state index is 0.0177. The molecule has 0 bridgehead atoms. The Bertz CT molecular complexity index is 583. The van der Waals surface area contributed by atoms with Crippen LogP contribution in [0.4, 0.5) is 8.78 Å². The predicted molar refractivity (Wildman–Crippen MR) is 80.0 cm³/mol. The molecule has 0 aliphatic carbocycles. The summed E-state index contributed by atoms with van der Waals surface area (Å²) in [5.74, 6) is -2.02. The number of halogens is 2. The molecular formula is C18H20F2O. The Labute approximate surface area is 124 Å². The highest BCUT2D eigenvalue weighted by Gasteiger charge is 2.29. The molecule has 0 radical (unpaired) electrons. The fraction of sp³-hybridized carbons (Fsp3) is 0.333. The lowest BCUT2D eigenvalue weighted by Gasteiger charge is -2.29. The molecule has 0 aliphatic heterocycles. The van der Waals surface area contributed by atoms with E-state index < -0.39 is 17.7 Å². The number of aliphatic hydroxyl groups is 1. The molecule has 3 heteroatoms. The van der Waals surface area contributed by atoms with Crippen LogP contribution in [-0.4, -0.2) is 5.11 Å². The zero-order valence-corrected chi connectivity index (χ0v) is 12.3. The Kier molecular flexibility index (Phi) is 5.07. The molecule has 0 aliphatic rings. The fourth-order valence-electron chi connectivity index (χ4n) is 2.69. The first kappa shape index (κ1) is 15.6. The maximum atomic E-state index is 14.0. The molecule has 2 aromatic carbocycles. The van der Waals surface area contributed by atoms with Gasteiger partial charge in [0.25, 0.3) is 0 Å². The maximum Gasteiger partial charge on any atom is 0.164 e. The minimum atomic E-state index is -1.07. The van der Waals surface area contributed by atoms with Crippen LogP contribution in [0.3, 0.4) is 0 Å². The number of benzene rings is 2. The van der Waals surface area contributed by atoms with E-state index >= 15 is 0 Å². The van der Waals surface area contributed by atoms with Gasteiger partial charge in [0.05, 0.1) is 6.10 Å². The van der Waals surface area contributed by atoms with Crippen molar-refractivity contribution in [2.45, 2.75) is 32.3 Å². The Morgan fingerprint density at radius 2 is 1.67 bits per heavy atom. The zero-order valence-electron chi connectivity index (χ0n) is 12.3. The van der Waals surface area contributed by atoms with Gasteiger partial charge in [-0.05, 0) is 17.5 Å². The standard InChI is InChI=1S/C18H20F2O/c1-3-12(2)16(13-8-5-4-6-9-13)18(21)14-10-7-11-15(19)17(14)20/h4-12,16,18,21H,3H2,1-2H3. The average molecular weight is 290 g/mol. The van der Waals surface area contributed by atoms with Crippen molar-refractivity contribution >= 4 is 0 Å². The van der Waals surface area contributed by atoms with Crippen molar-refractivity contribution in [2.75, 3.05) is 0 Å². The largest absolute Gasteiger partial charge is 0.388 e. The van der Waals surface area contributed by atoms with E-state index in [0.717, 1.165) is 18.1 Å². The number of rotatable bonds is 5. The molecule has 21 heavy (non-hydrogen) atoms. The van der Waals surface area contributed by atoms with Crippen molar-refractivity contribution in [1.82, 2.24) is 0 Å². The van der Waals surface area contributed by atoms with Gasteiger partial charge in [-0.1, -0.05) is 62.7 Å². The lowest BCUT2D eigenvalue weighted by molar-refractivity contribution is 0.113. The summed E-state index contributed by atoms with van der Waals surface area (Å²) in [4.78, 5) is 0. The van der Waals surface area contributed by atoms with Crippen LogP contribution in [0.1, 0.15) is 43.4 Å². The SMILES string of the molecule is CCC(C)C(c1ccccc1)C(O)c1cccc(F)c1F. The normalized spacial score (nSPS) is 15.5. The van der Waals surface area contributed by atoms with Crippen LogP contribution in [0.25, 0.3) is 0 Å². The molecule has 0 spiro atoms. The van der Waals surface area contributed by atoms with Crippen LogP contribution in [0.5, 0.6) is 0 Å². The summed E-state index contributed by atoms with van der Waals surface area (Å²) in [6.45, 7) is 4.04. The minimum Gasteiger partial charge on any atom is -0.388 e. The Morgan fingerprint density at radius 1 is 1.00 bits per heavy atom. The first-order chi connectivity index (χ1) is 10.1. The van der Waals surface area contributed by atoms with Gasteiger partial charge in [0.15, 0.2) is 11.6 Å². The van der Waals surface area contributed by atoms with Gasteiger partial charge < -0.3 is 5.11 Å². The van der Waals surface area contributed by atoms with E-state index in [2.05, 4.69) is 0 Å². The third-order valence-electron chi connectivity index (χ3n) is 4.08. The molecule has 0 saturated heterocycles. The summed E-state index contributed by atoms with van der Waals surface area (Å²) in [7, 11) is 0. The summed E-state index contributed by atoms with van der Waals surface area (Å²) in [6.07, 6.45) is -0.230. The highest BCUT2D eigenvalue weighted by molar-refractivity contribution is 5.28. The summed E-state index contributed by atoms with van der Waals surface area (Å²) in [6, 6.07) is 13.4. The van der Waals surface area contributed by atoms with Gasteiger partial charge in [-0.2, -0.15) is 0 Å². The Balaban J connectivity index is 2.44. The van der Waals surface area contributed by atoms with Crippen molar-refractivity contribution in [3.8, 4) is 0 Å². The van der Waals surface area contributed by atoms with Crippen molar-refractivity contribution < 1.29 is 13.9 Å². The average Bonchev–Trinajstić information content (AvgIpc) is 2.51. The van der Waals surface area contributed by atoms with Crippen molar-refractivity contribution in [1.29, 1.82) is 0 Å². The number of hydrogen-bond acceptors (Lipinski definition) is 1. The molecule has 0 aromatic heterocycles. The molecule has 0 amide bonds. The van der Waals surface area contributed by atoms with Gasteiger partial charge in [0.1, 0.15) is 0 Å². The highest BCUT2D eigenvalue weighted by Crippen LogP contribution is 2.39. The number of aliphatic hydroxyl groups excluding tert-OH is 1. The first-order valence-electron chi connectivity index (χ1n) is 7.23. The second-order valence-electron chi connectivity index (χ2n) is 5.41. The molecule has 0 saturated carbocycles. The molecule has 3 unspecified atom stereocenters. The molecule has 2 rings (SSSR count). The van der Waals surface area contributed by atoms with E-state index in [1.165, 1.54) is 12.1 Å². The van der Waals surface area contributed by atoms with E-state index in [1.807, 2.05) is 44.2 Å². The van der Waals surface area contributed by atoms with E-state index in [1.54, 1.807) is 0 Å². The molecule has 112 valence electrons. The lowest BCUT2D eigenvalue weighted by atomic mass is 9.79. The quantitative estimate of drug-likeness (QED) is 0.836. The van der Waals surface area contributed by atoms with Crippen LogP contribution in [-0.2, 0) is 0 Å². The van der Waals surface area contributed by atoms with Gasteiger partial charge in [0.2, 0.25) is 0 Å². The first-order valence-corrected chi connectivity index (χ1v) is 7.23. The smallest absolute Gasteiger partial charge is 0.164 e. The molecule has 3 atom stereocenters. The Morgan fingerprint density at radius 3 is 2.29 bits per heavy atom. The predicted octanol–water partition coefficient (Wildman–Crippen LogP) is 4.83. The third-order valence-corrected chi connectivity index (χ3v) is 4.08. The molecule has 0 heterocycles. The van der Waals surface area contributed by atoms with Crippen LogP contribution in [0.15, 0.2) is 48.5 Å². The van der Waals surface area contributed by atoms with Crippen LogP contribution in [0.2, 0.25) is 0 Å². The van der Waals surface area contributed by atoms with Crippen LogP contribution in [0, 0.1) is 17.6 Å². The zero-order chi connectivity index (χ0) is 15.4. The second-order valence-corrected chi connectivity index (χ2v) is 5.41. The summed E-state index contributed by atoms with van der Waals surface area (Å²) < 4.78 is 27.4. The monoisotopic (exact) mass is 290 g/mol. The molecular weight excluding hydrogens is 270 g/mol. The third kappa shape index (κ3) is 3.30. The summed E-state index contributed by atoms with van der Waals surface area (Å²) in [5.41, 5.74) is 0.951. The molecule has 2 aromatic rings. The van der Waals surface area contributed by atoms with Gasteiger partial charge in [-0.3, -0.25) is 0 Å². The van der Waals surface area contributed by atoms with E-state index in [0.29, 0.717) is 0 Å². The van der Waals surface area contributed by atoms with E-state index in [-0.39, 0.29) is 17.4 Å². The van der Waals surface area contributed by atoms with E-state index in [9.17, 15) is 13.9 Å². The molecule has 0 fully saturated rings. The van der Waals surface area contributed by atoms with E-state index in [4.69, 9.17) is 0 Å².